The predicted octanol–water partition coefficient (Wildman–Crippen LogP) is 2.00. The summed E-state index contributed by atoms with van der Waals surface area (Å²) < 4.78 is 13.3. The molecule has 1 fully saturated rings. The summed E-state index contributed by atoms with van der Waals surface area (Å²) in [6.07, 6.45) is 4.78. The van der Waals surface area contributed by atoms with E-state index < -0.39 is 0 Å². The van der Waals surface area contributed by atoms with Crippen LogP contribution in [0.5, 0.6) is 0 Å². The molecule has 0 unspecified atom stereocenters. The summed E-state index contributed by atoms with van der Waals surface area (Å²) >= 11 is 1.04. The molecule has 24 heavy (non-hydrogen) atoms. The molecule has 122 valence electrons. The smallest absolute Gasteiger partial charge is 0.275 e. The number of pyridine rings is 1. The second kappa shape index (κ2) is 6.44. The van der Waals surface area contributed by atoms with Crippen molar-refractivity contribution < 1.29 is 9.32 Å². The van der Waals surface area contributed by atoms with E-state index in [1.165, 1.54) is 6.20 Å². The van der Waals surface area contributed by atoms with Crippen molar-refractivity contribution in [3.63, 3.8) is 0 Å². The predicted molar refractivity (Wildman–Crippen MR) is 85.3 cm³/mol. The molecule has 1 amide bonds. The van der Waals surface area contributed by atoms with E-state index in [1.807, 2.05) is 18.2 Å². The third-order valence-electron chi connectivity index (χ3n) is 4.05. The molecule has 0 radical (unpaired) electrons. The number of amides is 1. The van der Waals surface area contributed by atoms with Gasteiger partial charge in [-0.05, 0) is 25.0 Å². The van der Waals surface area contributed by atoms with Crippen molar-refractivity contribution in [3.8, 4) is 11.5 Å². The highest BCUT2D eigenvalue weighted by Gasteiger charge is 2.29. The SMILES string of the molecule is O=C(c1cnsn1)N1CCC(c2nc(-c3ccccn3)no2)CC1. The lowest BCUT2D eigenvalue weighted by Crippen LogP contribution is -2.38. The lowest BCUT2D eigenvalue weighted by atomic mass is 9.96. The quantitative estimate of drug-likeness (QED) is 0.718. The van der Waals surface area contributed by atoms with Gasteiger partial charge in [0.2, 0.25) is 11.7 Å². The molecule has 4 heterocycles. The van der Waals surface area contributed by atoms with E-state index in [9.17, 15) is 4.79 Å². The van der Waals surface area contributed by atoms with Gasteiger partial charge in [-0.1, -0.05) is 11.2 Å². The molecule has 0 atom stereocenters. The Morgan fingerprint density at radius 2 is 2.17 bits per heavy atom. The van der Waals surface area contributed by atoms with Crippen LogP contribution in [0.25, 0.3) is 11.5 Å². The number of carbonyl (C=O) groups is 1. The molecule has 0 aromatic carbocycles. The summed E-state index contributed by atoms with van der Waals surface area (Å²) in [6, 6.07) is 5.57. The van der Waals surface area contributed by atoms with Crippen molar-refractivity contribution in [2.75, 3.05) is 13.1 Å². The largest absolute Gasteiger partial charge is 0.339 e. The Morgan fingerprint density at radius 1 is 1.29 bits per heavy atom. The van der Waals surface area contributed by atoms with Crippen LogP contribution < -0.4 is 0 Å². The standard InChI is InChI=1S/C15H14N6O2S/c22-15(12-9-17-24-20-12)21-7-4-10(5-8-21)14-18-13(19-23-14)11-3-1-2-6-16-11/h1-3,6,9-10H,4-5,7-8H2. The van der Waals surface area contributed by atoms with Crippen LogP contribution in [0.2, 0.25) is 0 Å². The monoisotopic (exact) mass is 342 g/mol. The Kier molecular flexibility index (Phi) is 3.99. The molecule has 4 rings (SSSR count). The van der Waals surface area contributed by atoms with Crippen molar-refractivity contribution in [1.82, 2.24) is 28.8 Å². The third kappa shape index (κ3) is 2.90. The van der Waals surface area contributed by atoms with Gasteiger partial charge in [0.25, 0.3) is 5.91 Å². The minimum Gasteiger partial charge on any atom is -0.339 e. The Morgan fingerprint density at radius 3 is 2.88 bits per heavy atom. The molecule has 1 aliphatic heterocycles. The van der Waals surface area contributed by atoms with Crippen LogP contribution in [-0.4, -0.2) is 47.8 Å². The molecule has 1 saturated heterocycles. The van der Waals surface area contributed by atoms with E-state index in [2.05, 4.69) is 23.9 Å². The van der Waals surface area contributed by atoms with Crippen LogP contribution in [-0.2, 0) is 0 Å². The number of rotatable bonds is 3. The minimum absolute atomic E-state index is 0.0677. The summed E-state index contributed by atoms with van der Waals surface area (Å²) in [5.41, 5.74) is 1.10. The van der Waals surface area contributed by atoms with E-state index in [0.29, 0.717) is 36.2 Å². The average molecular weight is 342 g/mol. The van der Waals surface area contributed by atoms with Crippen LogP contribution in [0, 0.1) is 0 Å². The second-order valence-corrected chi connectivity index (χ2v) is 6.09. The van der Waals surface area contributed by atoms with Crippen molar-refractivity contribution in [2.45, 2.75) is 18.8 Å². The molecule has 0 bridgehead atoms. The first-order valence-corrected chi connectivity index (χ1v) is 8.36. The highest BCUT2D eigenvalue weighted by molar-refractivity contribution is 6.99. The molecule has 0 N–H and O–H groups in total. The number of likely N-dealkylation sites (tertiary alicyclic amines) is 1. The van der Waals surface area contributed by atoms with E-state index in [-0.39, 0.29) is 11.8 Å². The Bertz CT molecular complexity index is 812. The molecule has 1 aliphatic rings. The van der Waals surface area contributed by atoms with Gasteiger partial charge in [0.15, 0.2) is 5.69 Å². The second-order valence-electron chi connectivity index (χ2n) is 5.53. The first-order valence-electron chi connectivity index (χ1n) is 7.63. The molecule has 0 spiro atoms. The highest BCUT2D eigenvalue weighted by atomic mass is 32.1. The van der Waals surface area contributed by atoms with Gasteiger partial charge in [0.1, 0.15) is 5.69 Å². The van der Waals surface area contributed by atoms with E-state index in [1.54, 1.807) is 11.1 Å². The fraction of sp³-hybridized carbons (Fsp3) is 0.333. The fourth-order valence-electron chi connectivity index (χ4n) is 2.75. The first-order chi connectivity index (χ1) is 11.8. The van der Waals surface area contributed by atoms with Crippen LogP contribution in [0.4, 0.5) is 0 Å². The maximum absolute atomic E-state index is 12.3. The Hall–Kier alpha value is -2.68. The molecule has 8 nitrogen and oxygen atoms in total. The van der Waals surface area contributed by atoms with Crippen molar-refractivity contribution in [2.24, 2.45) is 0 Å². The summed E-state index contributed by atoms with van der Waals surface area (Å²) in [6.45, 7) is 1.28. The molecule has 3 aromatic rings. The zero-order valence-electron chi connectivity index (χ0n) is 12.7. The molecule has 9 heteroatoms. The summed E-state index contributed by atoms with van der Waals surface area (Å²) in [5.74, 6) is 1.20. The van der Waals surface area contributed by atoms with Crippen molar-refractivity contribution >= 4 is 17.6 Å². The third-order valence-corrected chi connectivity index (χ3v) is 4.53. The maximum Gasteiger partial charge on any atom is 0.275 e. The zero-order valence-corrected chi connectivity index (χ0v) is 13.5. The van der Waals surface area contributed by atoms with E-state index in [0.717, 1.165) is 24.6 Å². The number of carbonyl (C=O) groups excluding carboxylic acids is 1. The molecule has 3 aromatic heterocycles. The van der Waals surface area contributed by atoms with Gasteiger partial charge in [0, 0.05) is 25.2 Å². The number of aromatic nitrogens is 5. The van der Waals surface area contributed by atoms with Gasteiger partial charge in [-0.2, -0.15) is 13.7 Å². The number of hydrogen-bond donors (Lipinski definition) is 0. The fourth-order valence-corrected chi connectivity index (χ4v) is 3.16. The van der Waals surface area contributed by atoms with Gasteiger partial charge in [0.05, 0.1) is 17.9 Å². The van der Waals surface area contributed by atoms with Gasteiger partial charge in [-0.25, -0.2) is 0 Å². The average Bonchev–Trinajstić information content (AvgIpc) is 3.34. The lowest BCUT2D eigenvalue weighted by molar-refractivity contribution is 0.0699. The van der Waals surface area contributed by atoms with Crippen molar-refractivity contribution in [3.05, 3.63) is 42.2 Å². The normalized spacial score (nSPS) is 15.6. The topological polar surface area (TPSA) is 97.9 Å². The van der Waals surface area contributed by atoms with Crippen LogP contribution in [0.15, 0.2) is 35.1 Å². The van der Waals surface area contributed by atoms with Gasteiger partial charge in [-0.3, -0.25) is 9.78 Å². The molecular weight excluding hydrogens is 328 g/mol. The van der Waals surface area contributed by atoms with Gasteiger partial charge >= 0.3 is 0 Å². The summed E-state index contributed by atoms with van der Waals surface area (Å²) in [7, 11) is 0. The molecule has 0 aliphatic carbocycles. The number of nitrogens with zero attached hydrogens (tertiary/aromatic N) is 6. The molecule has 0 saturated carbocycles. The lowest BCUT2D eigenvalue weighted by Gasteiger charge is -2.29. The highest BCUT2D eigenvalue weighted by Crippen LogP contribution is 2.28. The van der Waals surface area contributed by atoms with Gasteiger partial charge in [-0.15, -0.1) is 0 Å². The van der Waals surface area contributed by atoms with E-state index in [4.69, 9.17) is 4.52 Å². The zero-order chi connectivity index (χ0) is 16.4. The molecular formula is C15H14N6O2S. The summed E-state index contributed by atoms with van der Waals surface area (Å²) in [5, 5.41) is 4.01. The van der Waals surface area contributed by atoms with Gasteiger partial charge < -0.3 is 9.42 Å². The number of piperidine rings is 1. The van der Waals surface area contributed by atoms with Crippen LogP contribution in [0.3, 0.4) is 0 Å². The number of hydrogen-bond acceptors (Lipinski definition) is 8. The first kappa shape index (κ1) is 14.9. The minimum atomic E-state index is -0.0677. The maximum atomic E-state index is 12.3. The Balaban J connectivity index is 1.41. The van der Waals surface area contributed by atoms with Crippen LogP contribution in [0.1, 0.15) is 35.1 Å². The van der Waals surface area contributed by atoms with E-state index >= 15 is 0 Å². The summed E-state index contributed by atoms with van der Waals surface area (Å²) in [4.78, 5) is 22.7. The van der Waals surface area contributed by atoms with Crippen LogP contribution >= 0.6 is 11.7 Å². The van der Waals surface area contributed by atoms with Crippen molar-refractivity contribution in [1.29, 1.82) is 0 Å². The Labute approximate surface area is 141 Å².